The van der Waals surface area contributed by atoms with E-state index >= 15 is 0 Å². The van der Waals surface area contributed by atoms with Crippen molar-refractivity contribution in [2.45, 2.75) is 26.7 Å². The number of hydrogen-bond acceptors (Lipinski definition) is 4. The van der Waals surface area contributed by atoms with Crippen LogP contribution in [0.1, 0.15) is 25.8 Å². The molecule has 1 aliphatic rings. The predicted octanol–water partition coefficient (Wildman–Crippen LogP) is 8.03. The summed E-state index contributed by atoms with van der Waals surface area (Å²) in [6.45, 7) is 4.53. The van der Waals surface area contributed by atoms with E-state index in [0.29, 0.717) is 5.92 Å². The summed E-state index contributed by atoms with van der Waals surface area (Å²) in [5.74, 6) is 0.710. The Labute approximate surface area is 202 Å². The molecule has 0 fully saturated rings. The first-order chi connectivity index (χ1) is 16.6. The normalized spacial score (nSPS) is 13.5. The van der Waals surface area contributed by atoms with Gasteiger partial charge in [0.25, 0.3) is 0 Å². The number of benzene rings is 3. The van der Waals surface area contributed by atoms with Crippen molar-refractivity contribution in [3.8, 4) is 0 Å². The third-order valence-electron chi connectivity index (χ3n) is 5.91. The lowest BCUT2D eigenvalue weighted by molar-refractivity contribution is 0.560. The Hall–Kier alpha value is -3.92. The van der Waals surface area contributed by atoms with E-state index in [0.717, 1.165) is 46.3 Å². The highest BCUT2D eigenvalue weighted by molar-refractivity contribution is 6.19. The van der Waals surface area contributed by atoms with Gasteiger partial charge >= 0.3 is 0 Å². The van der Waals surface area contributed by atoms with Crippen molar-refractivity contribution in [3.05, 3.63) is 103 Å². The molecule has 3 aromatic carbocycles. The predicted molar refractivity (Wildman–Crippen MR) is 148 cm³/mol. The van der Waals surface area contributed by atoms with Crippen molar-refractivity contribution in [1.82, 2.24) is 0 Å². The molecule has 172 valence electrons. The average Bonchev–Trinajstić information content (AvgIpc) is 2.88. The molecule has 1 unspecified atom stereocenters. The minimum Gasteiger partial charge on any atom is -0.388 e. The fraction of sp³-hybridized carbons (Fsp3) is 0.200. The largest absolute Gasteiger partial charge is 0.388 e. The molecule has 4 nitrogen and oxygen atoms in total. The topological polar surface area (TPSA) is 48.8 Å². The van der Waals surface area contributed by atoms with Crippen molar-refractivity contribution in [2.24, 2.45) is 15.9 Å². The van der Waals surface area contributed by atoms with Gasteiger partial charge in [-0.3, -0.25) is 0 Å². The zero-order valence-electron chi connectivity index (χ0n) is 20.1. The molecule has 0 heterocycles. The molecule has 2 N–H and O–H groups in total. The van der Waals surface area contributed by atoms with Gasteiger partial charge in [0.15, 0.2) is 0 Å². The monoisotopic (exact) mass is 448 g/mol. The van der Waals surface area contributed by atoms with Gasteiger partial charge in [0.2, 0.25) is 0 Å². The third-order valence-corrected chi connectivity index (χ3v) is 5.91. The van der Waals surface area contributed by atoms with Crippen LogP contribution < -0.4 is 10.6 Å². The average molecular weight is 449 g/mol. The minimum absolute atomic E-state index is 0.710. The number of nitrogens with one attached hydrogen (secondary N) is 2. The van der Waals surface area contributed by atoms with E-state index in [2.05, 4.69) is 60.9 Å². The van der Waals surface area contributed by atoms with E-state index in [1.165, 1.54) is 12.0 Å². The Morgan fingerprint density at radius 1 is 0.647 bits per heavy atom. The lowest BCUT2D eigenvalue weighted by Gasteiger charge is -2.09. The maximum atomic E-state index is 4.74. The maximum absolute atomic E-state index is 4.74. The second kappa shape index (κ2) is 11.3. The van der Waals surface area contributed by atoms with Crippen molar-refractivity contribution in [2.75, 3.05) is 17.7 Å². The molecule has 0 saturated carbocycles. The van der Waals surface area contributed by atoms with E-state index in [-0.39, 0.29) is 0 Å². The van der Waals surface area contributed by atoms with Crippen molar-refractivity contribution in [1.29, 1.82) is 0 Å². The van der Waals surface area contributed by atoms with Gasteiger partial charge in [0.05, 0.1) is 22.8 Å². The molecule has 0 amide bonds. The Bertz CT molecular complexity index is 1180. The van der Waals surface area contributed by atoms with Gasteiger partial charge < -0.3 is 10.6 Å². The SMILES string of the molecule is CCC(C)Cc1ccc(N=C2C=CC(=Nc3ccc(Nc4ccc(NC)cc4)cc3)C=C2)cc1. The molecule has 4 heteroatoms. The van der Waals surface area contributed by atoms with Crippen LogP contribution in [0.25, 0.3) is 0 Å². The second-order valence-electron chi connectivity index (χ2n) is 8.62. The molecule has 0 aromatic heterocycles. The summed E-state index contributed by atoms with van der Waals surface area (Å²) in [5, 5.41) is 6.54. The van der Waals surface area contributed by atoms with E-state index in [1.807, 2.05) is 67.7 Å². The van der Waals surface area contributed by atoms with Crippen molar-refractivity contribution >= 4 is 39.9 Å². The Kier molecular flexibility index (Phi) is 7.71. The van der Waals surface area contributed by atoms with E-state index in [9.17, 15) is 0 Å². The van der Waals surface area contributed by atoms with Crippen LogP contribution in [0, 0.1) is 5.92 Å². The molecule has 0 aliphatic heterocycles. The summed E-state index contributed by atoms with van der Waals surface area (Å²) >= 11 is 0. The van der Waals surface area contributed by atoms with Gasteiger partial charge in [-0.2, -0.15) is 0 Å². The van der Waals surface area contributed by atoms with E-state index in [1.54, 1.807) is 0 Å². The molecular weight excluding hydrogens is 416 g/mol. The minimum atomic E-state index is 0.710. The van der Waals surface area contributed by atoms with Crippen molar-refractivity contribution in [3.63, 3.8) is 0 Å². The summed E-state index contributed by atoms with van der Waals surface area (Å²) < 4.78 is 0. The van der Waals surface area contributed by atoms with E-state index < -0.39 is 0 Å². The van der Waals surface area contributed by atoms with Gasteiger partial charge in [-0.05, 0) is 103 Å². The van der Waals surface area contributed by atoms with Gasteiger partial charge in [-0.1, -0.05) is 32.4 Å². The summed E-state index contributed by atoms with van der Waals surface area (Å²) in [5.41, 5.74) is 8.26. The number of nitrogens with zero attached hydrogens (tertiary/aromatic N) is 2. The molecule has 4 rings (SSSR count). The van der Waals surface area contributed by atoms with Gasteiger partial charge in [-0.25, -0.2) is 9.98 Å². The van der Waals surface area contributed by atoms with Crippen LogP contribution in [0.2, 0.25) is 0 Å². The molecule has 0 spiro atoms. The van der Waals surface area contributed by atoms with Gasteiger partial charge in [-0.15, -0.1) is 0 Å². The molecular formula is C30H32N4. The molecule has 0 bridgehead atoms. The summed E-state index contributed by atoms with van der Waals surface area (Å²) in [4.78, 5) is 9.47. The van der Waals surface area contributed by atoms with Crippen molar-refractivity contribution < 1.29 is 0 Å². The molecule has 0 radical (unpaired) electrons. The first-order valence-corrected chi connectivity index (χ1v) is 11.9. The van der Waals surface area contributed by atoms with Crippen LogP contribution >= 0.6 is 0 Å². The zero-order valence-corrected chi connectivity index (χ0v) is 20.1. The first kappa shape index (κ1) is 23.2. The standard InChI is InChI=1S/C30H32N4/c1-4-22(2)21-23-5-7-25(8-6-23)32-27-13-15-29(16-14-27)34-30-19-17-28(18-20-30)33-26-11-9-24(31-3)10-12-26/h5-20,22,31,33H,4,21H2,1-3H3. The third kappa shape index (κ3) is 6.55. The van der Waals surface area contributed by atoms with Crippen LogP contribution in [0.5, 0.6) is 0 Å². The van der Waals surface area contributed by atoms with E-state index in [4.69, 9.17) is 9.98 Å². The van der Waals surface area contributed by atoms with Crippen LogP contribution in [-0.2, 0) is 6.42 Å². The summed E-state index contributed by atoms with van der Waals surface area (Å²) in [6, 6.07) is 24.9. The lowest BCUT2D eigenvalue weighted by Crippen LogP contribution is -1.99. The highest BCUT2D eigenvalue weighted by Crippen LogP contribution is 2.23. The lowest BCUT2D eigenvalue weighted by atomic mass is 9.99. The summed E-state index contributed by atoms with van der Waals surface area (Å²) in [7, 11) is 1.92. The van der Waals surface area contributed by atoms with Crippen LogP contribution in [0.3, 0.4) is 0 Å². The number of allylic oxidation sites excluding steroid dienone is 4. The number of rotatable bonds is 8. The fourth-order valence-electron chi connectivity index (χ4n) is 3.66. The van der Waals surface area contributed by atoms with Crippen LogP contribution in [0.15, 0.2) is 107 Å². The maximum Gasteiger partial charge on any atom is 0.0638 e. The van der Waals surface area contributed by atoms with Crippen LogP contribution in [0.4, 0.5) is 28.4 Å². The first-order valence-electron chi connectivity index (χ1n) is 11.9. The number of anilines is 3. The van der Waals surface area contributed by atoms with Crippen LogP contribution in [-0.4, -0.2) is 18.5 Å². The highest BCUT2D eigenvalue weighted by atomic mass is 14.9. The highest BCUT2D eigenvalue weighted by Gasteiger charge is 2.03. The fourth-order valence-corrected chi connectivity index (χ4v) is 3.66. The molecule has 1 atom stereocenters. The smallest absolute Gasteiger partial charge is 0.0638 e. The molecule has 1 aliphatic carbocycles. The zero-order chi connectivity index (χ0) is 23.8. The second-order valence-corrected chi connectivity index (χ2v) is 8.62. The molecule has 0 saturated heterocycles. The number of aliphatic imine (C=N–C) groups is 2. The van der Waals surface area contributed by atoms with Gasteiger partial charge in [0.1, 0.15) is 0 Å². The van der Waals surface area contributed by atoms with Gasteiger partial charge in [0, 0.05) is 24.1 Å². The quantitative estimate of drug-likeness (QED) is 0.343. The molecule has 34 heavy (non-hydrogen) atoms. The Morgan fingerprint density at radius 2 is 1.09 bits per heavy atom. The molecule has 3 aromatic rings. The summed E-state index contributed by atoms with van der Waals surface area (Å²) in [6.07, 6.45) is 10.4. The Balaban J connectivity index is 1.35. The Morgan fingerprint density at radius 3 is 1.56 bits per heavy atom. The number of hydrogen-bond donors (Lipinski definition) is 2.